The van der Waals surface area contributed by atoms with Crippen molar-refractivity contribution in [2.24, 2.45) is 7.05 Å². The Hall–Kier alpha value is -2.99. The van der Waals surface area contributed by atoms with Gasteiger partial charge in [-0.1, -0.05) is 0 Å². The molecule has 1 aromatic carbocycles. The van der Waals surface area contributed by atoms with Crippen LogP contribution < -0.4 is 11.2 Å². The van der Waals surface area contributed by atoms with Gasteiger partial charge >= 0.3 is 17.8 Å². The molecule has 2 aromatic heterocycles. The van der Waals surface area contributed by atoms with E-state index in [1.165, 1.54) is 18.2 Å². The average molecular weight is 429 g/mol. The third-order valence-electron chi connectivity index (χ3n) is 4.05. The van der Waals surface area contributed by atoms with Crippen molar-refractivity contribution >= 4 is 27.6 Å². The summed E-state index contributed by atoms with van der Waals surface area (Å²) in [5, 5.41) is 9.04. The molecule has 29 heavy (non-hydrogen) atoms. The molecule has 8 nitrogen and oxygen atoms in total. The third kappa shape index (κ3) is 3.93. The quantitative estimate of drug-likeness (QED) is 0.489. The maximum Gasteiger partial charge on any atom is 0.431 e. The van der Waals surface area contributed by atoms with Gasteiger partial charge in [-0.25, -0.2) is 14.2 Å². The van der Waals surface area contributed by atoms with Crippen LogP contribution in [-0.4, -0.2) is 37.8 Å². The number of benzene rings is 1. The Kier molecular flexibility index (Phi) is 5.57. The molecular weight excluding hydrogens is 415 g/mol. The van der Waals surface area contributed by atoms with Crippen molar-refractivity contribution in [3.05, 3.63) is 56.5 Å². The molecule has 12 heteroatoms. The molecular formula is C17H14F3N3O5S. The lowest BCUT2D eigenvalue weighted by atomic mass is 10.2. The predicted octanol–water partition coefficient (Wildman–Crippen LogP) is 1.70. The summed E-state index contributed by atoms with van der Waals surface area (Å²) in [7, 11) is 0.912. The van der Waals surface area contributed by atoms with E-state index in [0.717, 1.165) is 18.6 Å². The summed E-state index contributed by atoms with van der Waals surface area (Å²) in [5.41, 5.74) is -3.77. The third-order valence-corrected chi connectivity index (χ3v) is 4.88. The number of aromatic nitrogens is 3. The number of hydrogen-bond donors (Lipinski definition) is 1. The van der Waals surface area contributed by atoms with Gasteiger partial charge in [0.1, 0.15) is 5.69 Å². The molecule has 0 saturated heterocycles. The Bertz CT molecular complexity index is 1200. The summed E-state index contributed by atoms with van der Waals surface area (Å²) >= 11 is 0.983. The topological polar surface area (TPSA) is 103 Å². The summed E-state index contributed by atoms with van der Waals surface area (Å²) < 4.78 is 49.4. The van der Waals surface area contributed by atoms with Crippen LogP contribution in [-0.2, 0) is 18.0 Å². The number of alkyl halides is 3. The Morgan fingerprint density at radius 3 is 2.66 bits per heavy atom. The highest BCUT2D eigenvalue weighted by Crippen LogP contribution is 2.28. The number of fused-ring (bicyclic) bond motifs is 1. The van der Waals surface area contributed by atoms with Crippen LogP contribution in [0.5, 0.6) is 0 Å². The van der Waals surface area contributed by atoms with E-state index in [0.29, 0.717) is 19.9 Å². The van der Waals surface area contributed by atoms with Crippen molar-refractivity contribution in [2.45, 2.75) is 12.6 Å². The average Bonchev–Trinajstić information content (AvgIpc) is 3.07. The van der Waals surface area contributed by atoms with Crippen LogP contribution in [0.1, 0.15) is 22.6 Å². The highest BCUT2D eigenvalue weighted by molar-refractivity contribution is 7.13. The van der Waals surface area contributed by atoms with Gasteiger partial charge in [0.25, 0.3) is 5.56 Å². The first-order valence-corrected chi connectivity index (χ1v) is 9.00. The number of halogens is 3. The van der Waals surface area contributed by atoms with Crippen LogP contribution in [0.2, 0.25) is 0 Å². The standard InChI is InChI=1S/C17H14F3N3O5S/c1-22-12(17(18,19)20)8-13(25)23(16(22)27)9-3-4-11-10(7-9)14(21-29-11)15(26)28-6-2-5-24/h3-4,7-8,24H,2,5-6H2,1H3. The number of aliphatic hydroxyl groups excluding tert-OH is 1. The maximum atomic E-state index is 13.0. The minimum absolute atomic E-state index is 0.0126. The highest BCUT2D eigenvalue weighted by Gasteiger charge is 2.35. The van der Waals surface area contributed by atoms with Gasteiger partial charge in [0.15, 0.2) is 5.69 Å². The summed E-state index contributed by atoms with van der Waals surface area (Å²) in [6.45, 7) is -0.178. The van der Waals surface area contributed by atoms with E-state index in [-0.39, 0.29) is 36.4 Å². The molecule has 2 heterocycles. The van der Waals surface area contributed by atoms with Crippen LogP contribution >= 0.6 is 11.5 Å². The van der Waals surface area contributed by atoms with Crippen LogP contribution in [0.25, 0.3) is 15.8 Å². The Labute approximate surface area is 164 Å². The van der Waals surface area contributed by atoms with Crippen molar-refractivity contribution in [2.75, 3.05) is 13.2 Å². The van der Waals surface area contributed by atoms with Crippen molar-refractivity contribution in [1.82, 2.24) is 13.5 Å². The van der Waals surface area contributed by atoms with Crippen LogP contribution in [0.15, 0.2) is 33.9 Å². The second kappa shape index (κ2) is 7.79. The molecule has 0 saturated carbocycles. The molecule has 0 amide bonds. The van der Waals surface area contributed by atoms with E-state index >= 15 is 0 Å². The molecule has 0 atom stereocenters. The first kappa shape index (κ1) is 20.7. The van der Waals surface area contributed by atoms with Gasteiger partial charge in [0, 0.05) is 31.5 Å². The summed E-state index contributed by atoms with van der Waals surface area (Å²) in [6.07, 6.45) is -4.62. The second-order valence-corrected chi connectivity index (χ2v) is 6.77. The van der Waals surface area contributed by atoms with Gasteiger partial charge in [0.2, 0.25) is 0 Å². The molecule has 3 aromatic rings. The molecule has 0 aliphatic carbocycles. The zero-order chi connectivity index (χ0) is 21.3. The molecule has 1 N–H and O–H groups in total. The lowest BCUT2D eigenvalue weighted by Crippen LogP contribution is -2.40. The zero-order valence-corrected chi connectivity index (χ0v) is 15.7. The normalized spacial score (nSPS) is 11.8. The number of hydrogen-bond acceptors (Lipinski definition) is 7. The fraction of sp³-hybridized carbons (Fsp3) is 0.294. The zero-order valence-electron chi connectivity index (χ0n) is 14.9. The molecule has 0 radical (unpaired) electrons. The molecule has 0 bridgehead atoms. The second-order valence-electron chi connectivity index (χ2n) is 5.97. The Balaban J connectivity index is 2.11. The largest absolute Gasteiger partial charge is 0.461 e. The van der Waals surface area contributed by atoms with E-state index in [1.54, 1.807) is 0 Å². The Morgan fingerprint density at radius 1 is 1.28 bits per heavy atom. The summed E-state index contributed by atoms with van der Waals surface area (Å²) in [4.78, 5) is 36.8. The number of rotatable bonds is 5. The molecule has 0 spiro atoms. The van der Waals surface area contributed by atoms with E-state index in [2.05, 4.69) is 4.37 Å². The van der Waals surface area contributed by atoms with Gasteiger partial charge in [0.05, 0.1) is 17.0 Å². The van der Waals surface area contributed by atoms with Crippen molar-refractivity contribution in [3.8, 4) is 5.69 Å². The van der Waals surface area contributed by atoms with Crippen LogP contribution in [0.4, 0.5) is 13.2 Å². The number of carbonyl (C=O) groups excluding carboxylic acids is 1. The lowest BCUT2D eigenvalue weighted by Gasteiger charge is -2.14. The summed E-state index contributed by atoms with van der Waals surface area (Å²) in [5.74, 6) is -0.755. The van der Waals surface area contributed by atoms with Crippen molar-refractivity contribution < 1.29 is 27.8 Å². The van der Waals surface area contributed by atoms with Gasteiger partial charge in [-0.3, -0.25) is 9.36 Å². The van der Waals surface area contributed by atoms with E-state index in [4.69, 9.17) is 9.84 Å². The first-order chi connectivity index (χ1) is 13.6. The molecule has 0 unspecified atom stereocenters. The molecule has 0 fully saturated rings. The van der Waals surface area contributed by atoms with Gasteiger partial charge in [-0.15, -0.1) is 0 Å². The predicted molar refractivity (Wildman–Crippen MR) is 97.4 cm³/mol. The number of ether oxygens (including phenoxy) is 1. The minimum Gasteiger partial charge on any atom is -0.461 e. The SMILES string of the molecule is Cn1c(C(F)(F)F)cc(=O)n(-c2ccc3snc(C(=O)OCCCO)c3c2)c1=O. The van der Waals surface area contributed by atoms with Crippen molar-refractivity contribution in [1.29, 1.82) is 0 Å². The fourth-order valence-corrected chi connectivity index (χ4v) is 3.39. The number of nitrogens with zero attached hydrogens (tertiary/aromatic N) is 3. The minimum atomic E-state index is -4.86. The Morgan fingerprint density at radius 2 is 2.00 bits per heavy atom. The van der Waals surface area contributed by atoms with E-state index < -0.39 is 29.1 Å². The summed E-state index contributed by atoms with van der Waals surface area (Å²) in [6, 6.07) is 4.52. The number of carbonyl (C=O) groups is 1. The molecule has 0 aliphatic heterocycles. The monoisotopic (exact) mass is 429 g/mol. The smallest absolute Gasteiger partial charge is 0.431 e. The molecule has 154 valence electrons. The lowest BCUT2D eigenvalue weighted by molar-refractivity contribution is -0.144. The van der Waals surface area contributed by atoms with Crippen LogP contribution in [0, 0.1) is 0 Å². The van der Waals surface area contributed by atoms with Gasteiger partial charge in [-0.2, -0.15) is 17.5 Å². The van der Waals surface area contributed by atoms with E-state index in [9.17, 15) is 27.6 Å². The van der Waals surface area contributed by atoms with Crippen molar-refractivity contribution in [3.63, 3.8) is 0 Å². The maximum absolute atomic E-state index is 13.0. The van der Waals surface area contributed by atoms with E-state index in [1.807, 2.05) is 0 Å². The van der Waals surface area contributed by atoms with Gasteiger partial charge in [-0.05, 0) is 29.7 Å². The molecule has 0 aliphatic rings. The highest BCUT2D eigenvalue weighted by atomic mass is 32.1. The molecule has 3 rings (SSSR count). The first-order valence-electron chi connectivity index (χ1n) is 8.23. The number of esters is 1. The van der Waals surface area contributed by atoms with Crippen LogP contribution in [0.3, 0.4) is 0 Å². The number of aliphatic hydroxyl groups is 1. The van der Waals surface area contributed by atoms with Gasteiger partial charge < -0.3 is 9.84 Å². The fourth-order valence-electron chi connectivity index (χ4n) is 2.65.